The molecule has 0 fully saturated rings. The van der Waals surface area contributed by atoms with Crippen molar-refractivity contribution in [1.29, 1.82) is 0 Å². The van der Waals surface area contributed by atoms with Gasteiger partial charge in [0.1, 0.15) is 5.82 Å². The third-order valence-corrected chi connectivity index (χ3v) is 3.31. The zero-order valence-corrected chi connectivity index (χ0v) is 13.5. The van der Waals surface area contributed by atoms with Gasteiger partial charge in [0.25, 0.3) is 0 Å². The number of anilines is 1. The van der Waals surface area contributed by atoms with E-state index in [0.717, 1.165) is 30.8 Å². The summed E-state index contributed by atoms with van der Waals surface area (Å²) in [6.07, 6.45) is 0.879. The zero-order chi connectivity index (χ0) is 16.7. The van der Waals surface area contributed by atoms with E-state index < -0.39 is 6.03 Å². The second kappa shape index (κ2) is 8.19. The number of nitrogens with one attached hydrogen (secondary N) is 2. The fourth-order valence-corrected chi connectivity index (χ4v) is 2.18. The number of ether oxygens (including phenoxy) is 1. The van der Waals surface area contributed by atoms with E-state index in [1.807, 2.05) is 37.3 Å². The molecule has 0 aliphatic heterocycles. The van der Waals surface area contributed by atoms with Gasteiger partial charge in [-0.05, 0) is 38.6 Å². The molecule has 0 bridgehead atoms. The molecule has 7 nitrogen and oxygen atoms in total. The molecule has 1 aromatic carbocycles. The van der Waals surface area contributed by atoms with Crippen LogP contribution in [0.1, 0.15) is 18.9 Å². The number of urea groups is 1. The third kappa shape index (κ3) is 4.46. The number of para-hydroxylation sites is 1. The number of amides is 2. The molecule has 0 atom stereocenters. The topological polar surface area (TPSA) is 94.2 Å². The molecular weight excluding hydrogens is 294 g/mol. The minimum absolute atomic E-state index is 0.495. The molecule has 0 aliphatic rings. The van der Waals surface area contributed by atoms with E-state index in [4.69, 9.17) is 10.5 Å². The average Bonchev–Trinajstić information content (AvgIpc) is 2.84. The lowest BCUT2D eigenvalue weighted by atomic mass is 10.3. The molecule has 23 heavy (non-hydrogen) atoms. The van der Waals surface area contributed by atoms with Gasteiger partial charge in [-0.15, -0.1) is 5.10 Å². The molecule has 0 aliphatic carbocycles. The lowest BCUT2D eigenvalue weighted by Crippen LogP contribution is -2.21. The molecule has 2 amide bonds. The maximum atomic E-state index is 11.3. The maximum Gasteiger partial charge on any atom is 0.317 e. The molecule has 0 saturated carbocycles. The molecule has 4 N–H and O–H groups in total. The van der Waals surface area contributed by atoms with Crippen LogP contribution < -0.4 is 21.1 Å². The van der Waals surface area contributed by atoms with Crippen LogP contribution in [0.25, 0.3) is 5.69 Å². The number of hydrogen-bond donors (Lipinski definition) is 3. The van der Waals surface area contributed by atoms with Gasteiger partial charge in [0.15, 0.2) is 0 Å². The van der Waals surface area contributed by atoms with E-state index in [0.29, 0.717) is 18.3 Å². The summed E-state index contributed by atoms with van der Waals surface area (Å²) in [5.74, 6) is 1.01. The molecule has 124 valence electrons. The summed E-state index contributed by atoms with van der Waals surface area (Å²) in [4.78, 5) is 11.3. The Hall–Kier alpha value is -2.54. The number of rotatable bonds is 8. The average molecular weight is 317 g/mol. The molecule has 1 heterocycles. The van der Waals surface area contributed by atoms with Gasteiger partial charge in [-0.25, -0.2) is 9.48 Å². The summed E-state index contributed by atoms with van der Waals surface area (Å²) in [5, 5.41) is 10.3. The van der Waals surface area contributed by atoms with Gasteiger partial charge >= 0.3 is 6.03 Å². The number of benzene rings is 1. The quantitative estimate of drug-likeness (QED) is 0.649. The van der Waals surface area contributed by atoms with Crippen LogP contribution in [0, 0.1) is 6.92 Å². The highest BCUT2D eigenvalue weighted by atomic mass is 16.5. The van der Waals surface area contributed by atoms with E-state index >= 15 is 0 Å². The van der Waals surface area contributed by atoms with Crippen LogP contribution in [0.3, 0.4) is 0 Å². The molecule has 1 aromatic heterocycles. The van der Waals surface area contributed by atoms with Gasteiger partial charge < -0.3 is 15.8 Å². The van der Waals surface area contributed by atoms with Crippen LogP contribution >= 0.6 is 0 Å². The van der Waals surface area contributed by atoms with Gasteiger partial charge in [0, 0.05) is 0 Å². The van der Waals surface area contributed by atoms with Crippen LogP contribution in [-0.2, 0) is 0 Å². The summed E-state index contributed by atoms with van der Waals surface area (Å²) < 4.78 is 7.37. The molecule has 2 aromatic rings. The fourth-order valence-electron chi connectivity index (χ4n) is 2.18. The molecule has 2 rings (SSSR count). The van der Waals surface area contributed by atoms with E-state index in [9.17, 15) is 4.79 Å². The summed E-state index contributed by atoms with van der Waals surface area (Å²) >= 11 is 0. The predicted molar refractivity (Wildman–Crippen MR) is 90.2 cm³/mol. The first-order valence-corrected chi connectivity index (χ1v) is 7.68. The molecule has 0 saturated heterocycles. The van der Waals surface area contributed by atoms with Gasteiger partial charge in [-0.2, -0.15) is 0 Å². The van der Waals surface area contributed by atoms with Crippen molar-refractivity contribution in [3.8, 4) is 11.6 Å². The van der Waals surface area contributed by atoms with Crippen molar-refractivity contribution in [1.82, 2.24) is 15.1 Å². The minimum atomic E-state index is -0.635. The van der Waals surface area contributed by atoms with Crippen LogP contribution in [0.5, 0.6) is 5.88 Å². The monoisotopic (exact) mass is 317 g/mol. The normalized spacial score (nSPS) is 10.5. The molecule has 0 spiro atoms. The smallest absolute Gasteiger partial charge is 0.317 e. The summed E-state index contributed by atoms with van der Waals surface area (Å²) in [5.41, 5.74) is 6.83. The van der Waals surface area contributed by atoms with Gasteiger partial charge in [-0.1, -0.05) is 25.1 Å². The van der Waals surface area contributed by atoms with E-state index in [-0.39, 0.29) is 0 Å². The van der Waals surface area contributed by atoms with Crippen molar-refractivity contribution >= 4 is 11.8 Å². The first kappa shape index (κ1) is 16.8. The number of carbonyl (C=O) groups excluding carboxylic acids is 1. The van der Waals surface area contributed by atoms with Crippen molar-refractivity contribution in [2.45, 2.75) is 20.3 Å². The Morgan fingerprint density at radius 3 is 2.74 bits per heavy atom. The van der Waals surface area contributed by atoms with Crippen LogP contribution in [0.15, 0.2) is 30.3 Å². The zero-order valence-electron chi connectivity index (χ0n) is 13.5. The number of hydrogen-bond acceptors (Lipinski definition) is 4. The first-order chi connectivity index (χ1) is 11.1. The van der Waals surface area contributed by atoms with Crippen molar-refractivity contribution in [3.63, 3.8) is 0 Å². The largest absolute Gasteiger partial charge is 0.476 e. The summed E-state index contributed by atoms with van der Waals surface area (Å²) in [6, 6.07) is 8.87. The highest BCUT2D eigenvalue weighted by Gasteiger charge is 2.17. The third-order valence-electron chi connectivity index (χ3n) is 3.31. The Labute approximate surface area is 135 Å². The van der Waals surface area contributed by atoms with Crippen molar-refractivity contribution in [2.24, 2.45) is 5.73 Å². The Kier molecular flexibility index (Phi) is 5.99. The van der Waals surface area contributed by atoms with Gasteiger partial charge in [-0.3, -0.25) is 5.32 Å². The predicted octanol–water partition coefficient (Wildman–Crippen LogP) is 2.05. The Morgan fingerprint density at radius 1 is 1.35 bits per heavy atom. The van der Waals surface area contributed by atoms with Gasteiger partial charge in [0.05, 0.1) is 17.9 Å². The number of aromatic nitrogens is 2. The van der Waals surface area contributed by atoms with E-state index in [1.165, 1.54) is 0 Å². The van der Waals surface area contributed by atoms with Crippen molar-refractivity contribution < 1.29 is 9.53 Å². The lowest BCUT2D eigenvalue weighted by molar-refractivity contribution is 0.259. The fraction of sp³-hybridized carbons (Fsp3) is 0.375. The standard InChI is InChI=1S/C16H23N5O2/c1-3-18-10-7-11-23-15-12(2)14(19-16(17)22)21(20-15)13-8-5-4-6-9-13/h4-6,8-9,18H,3,7,10-11H2,1-2H3,(H3,17,19,22). The molecule has 0 radical (unpaired) electrons. The lowest BCUT2D eigenvalue weighted by Gasteiger charge is -2.07. The number of carbonyl (C=O) groups is 1. The highest BCUT2D eigenvalue weighted by Crippen LogP contribution is 2.28. The second-order valence-electron chi connectivity index (χ2n) is 5.07. The number of nitrogens with two attached hydrogens (primary N) is 1. The summed E-state index contributed by atoms with van der Waals surface area (Å²) in [7, 11) is 0. The SMILES string of the molecule is CCNCCCOc1nn(-c2ccccc2)c(NC(N)=O)c1C. The van der Waals surface area contributed by atoms with E-state index in [1.54, 1.807) is 4.68 Å². The van der Waals surface area contributed by atoms with Crippen molar-refractivity contribution in [2.75, 3.05) is 25.0 Å². The first-order valence-electron chi connectivity index (χ1n) is 7.68. The summed E-state index contributed by atoms with van der Waals surface area (Å²) in [6.45, 7) is 6.29. The van der Waals surface area contributed by atoms with Crippen LogP contribution in [0.2, 0.25) is 0 Å². The van der Waals surface area contributed by atoms with Gasteiger partial charge in [0.2, 0.25) is 5.88 Å². The van der Waals surface area contributed by atoms with Crippen molar-refractivity contribution in [3.05, 3.63) is 35.9 Å². The number of nitrogens with zero attached hydrogens (tertiary/aromatic N) is 2. The molecule has 0 unspecified atom stereocenters. The molecular formula is C16H23N5O2. The second-order valence-corrected chi connectivity index (χ2v) is 5.07. The van der Waals surface area contributed by atoms with Crippen LogP contribution in [-0.4, -0.2) is 35.5 Å². The molecule has 7 heteroatoms. The maximum absolute atomic E-state index is 11.3. The Morgan fingerprint density at radius 2 is 2.09 bits per heavy atom. The Balaban J connectivity index is 2.20. The van der Waals surface area contributed by atoms with E-state index in [2.05, 4.69) is 22.7 Å². The Bertz CT molecular complexity index is 639. The van der Waals surface area contributed by atoms with Crippen LogP contribution in [0.4, 0.5) is 10.6 Å². The number of primary amides is 1. The minimum Gasteiger partial charge on any atom is -0.476 e. The highest BCUT2D eigenvalue weighted by molar-refractivity contribution is 5.88.